The van der Waals surface area contributed by atoms with Gasteiger partial charge in [0.05, 0.1) is 11.7 Å². The highest BCUT2D eigenvalue weighted by molar-refractivity contribution is 5.93. The second-order valence-electron chi connectivity index (χ2n) is 7.95. The van der Waals surface area contributed by atoms with Gasteiger partial charge >= 0.3 is 0 Å². The van der Waals surface area contributed by atoms with Gasteiger partial charge in [-0.15, -0.1) is 0 Å². The maximum Gasteiger partial charge on any atom is 0.291 e. The number of benzene rings is 1. The van der Waals surface area contributed by atoms with Crippen molar-refractivity contribution < 1.29 is 14.0 Å². The minimum absolute atomic E-state index is 0.0652. The average Bonchev–Trinajstić information content (AvgIpc) is 3.42. The molecule has 7 heteroatoms. The zero-order valence-electron chi connectivity index (χ0n) is 16.8. The Kier molecular flexibility index (Phi) is 5.94. The Hall–Kier alpha value is -2.67. The van der Waals surface area contributed by atoms with Crippen LogP contribution in [-0.4, -0.2) is 53.9 Å². The van der Waals surface area contributed by atoms with Gasteiger partial charge in [-0.25, -0.2) is 4.98 Å². The SMILES string of the molecule is Cc1nc(-c2ccccc2)oc1C(=O)N1CCCC(CNC(=O)C2CCCN2)C1. The number of amides is 2. The summed E-state index contributed by atoms with van der Waals surface area (Å²) in [5.74, 6) is 0.991. The number of aromatic nitrogens is 1. The molecule has 29 heavy (non-hydrogen) atoms. The van der Waals surface area contributed by atoms with Crippen molar-refractivity contribution in [3.63, 3.8) is 0 Å². The summed E-state index contributed by atoms with van der Waals surface area (Å²) in [5, 5.41) is 6.27. The molecule has 7 nitrogen and oxygen atoms in total. The van der Waals surface area contributed by atoms with Crippen LogP contribution in [-0.2, 0) is 4.79 Å². The number of carbonyl (C=O) groups excluding carboxylic acids is 2. The first-order valence-corrected chi connectivity index (χ1v) is 10.4. The number of nitrogens with zero attached hydrogens (tertiary/aromatic N) is 2. The molecule has 2 amide bonds. The van der Waals surface area contributed by atoms with Crippen molar-refractivity contribution in [1.82, 2.24) is 20.5 Å². The van der Waals surface area contributed by atoms with Gasteiger partial charge in [0.1, 0.15) is 0 Å². The van der Waals surface area contributed by atoms with E-state index in [0.29, 0.717) is 37.0 Å². The fraction of sp³-hybridized carbons (Fsp3) is 0.500. The van der Waals surface area contributed by atoms with Crippen LogP contribution in [0.3, 0.4) is 0 Å². The molecule has 2 saturated heterocycles. The molecule has 0 bridgehead atoms. The van der Waals surface area contributed by atoms with Crippen molar-refractivity contribution in [2.75, 3.05) is 26.2 Å². The molecule has 2 unspecified atom stereocenters. The third kappa shape index (κ3) is 4.50. The monoisotopic (exact) mass is 396 g/mol. The normalized spacial score (nSPS) is 21.9. The highest BCUT2D eigenvalue weighted by Gasteiger charge is 2.29. The van der Waals surface area contributed by atoms with E-state index in [1.807, 2.05) is 35.2 Å². The Morgan fingerprint density at radius 2 is 2.07 bits per heavy atom. The van der Waals surface area contributed by atoms with E-state index in [1.165, 1.54) is 0 Å². The van der Waals surface area contributed by atoms with Gasteiger partial charge in [0.25, 0.3) is 5.91 Å². The summed E-state index contributed by atoms with van der Waals surface area (Å²) in [6.45, 7) is 4.64. The van der Waals surface area contributed by atoms with Gasteiger partial charge in [-0.2, -0.15) is 0 Å². The van der Waals surface area contributed by atoms with E-state index in [9.17, 15) is 9.59 Å². The molecule has 154 valence electrons. The van der Waals surface area contributed by atoms with Gasteiger partial charge in [0.2, 0.25) is 17.6 Å². The van der Waals surface area contributed by atoms with Crippen LogP contribution in [0.4, 0.5) is 0 Å². The molecule has 2 atom stereocenters. The number of hydrogen-bond acceptors (Lipinski definition) is 5. The molecule has 0 aliphatic carbocycles. The van der Waals surface area contributed by atoms with Crippen LogP contribution in [0.15, 0.2) is 34.7 Å². The van der Waals surface area contributed by atoms with E-state index < -0.39 is 0 Å². The van der Waals surface area contributed by atoms with Gasteiger partial charge in [0.15, 0.2) is 0 Å². The van der Waals surface area contributed by atoms with Crippen molar-refractivity contribution >= 4 is 11.8 Å². The number of hydrogen-bond donors (Lipinski definition) is 2. The molecule has 3 heterocycles. The summed E-state index contributed by atoms with van der Waals surface area (Å²) in [5.41, 5.74) is 1.46. The molecule has 2 aromatic rings. The lowest BCUT2D eigenvalue weighted by molar-refractivity contribution is -0.123. The maximum absolute atomic E-state index is 13.1. The quantitative estimate of drug-likeness (QED) is 0.810. The number of carbonyl (C=O) groups is 2. The molecule has 2 fully saturated rings. The van der Waals surface area contributed by atoms with E-state index in [2.05, 4.69) is 15.6 Å². The van der Waals surface area contributed by atoms with E-state index in [1.54, 1.807) is 6.92 Å². The third-order valence-corrected chi connectivity index (χ3v) is 5.76. The van der Waals surface area contributed by atoms with Gasteiger partial charge in [0, 0.05) is 25.2 Å². The minimum Gasteiger partial charge on any atom is -0.431 e. The van der Waals surface area contributed by atoms with E-state index in [-0.39, 0.29) is 23.8 Å². The van der Waals surface area contributed by atoms with Crippen molar-refractivity contribution in [3.8, 4) is 11.5 Å². The van der Waals surface area contributed by atoms with Crippen LogP contribution in [0.5, 0.6) is 0 Å². The third-order valence-electron chi connectivity index (χ3n) is 5.76. The minimum atomic E-state index is -0.120. The first-order valence-electron chi connectivity index (χ1n) is 10.4. The number of piperidine rings is 1. The second-order valence-corrected chi connectivity index (χ2v) is 7.95. The standard InChI is InChI=1S/C22H28N4O3/c1-15-19(29-21(25-15)17-8-3-2-4-9-17)22(28)26-12-6-7-16(14-26)13-24-20(27)18-10-5-11-23-18/h2-4,8-9,16,18,23H,5-7,10-14H2,1H3,(H,24,27). The molecular formula is C22H28N4O3. The molecule has 0 radical (unpaired) electrons. The van der Waals surface area contributed by atoms with Gasteiger partial charge < -0.3 is 20.0 Å². The zero-order valence-corrected chi connectivity index (χ0v) is 16.8. The molecule has 1 aromatic carbocycles. The highest BCUT2D eigenvalue weighted by atomic mass is 16.4. The lowest BCUT2D eigenvalue weighted by atomic mass is 9.97. The molecule has 0 spiro atoms. The molecule has 1 aromatic heterocycles. The van der Waals surface area contributed by atoms with E-state index in [0.717, 1.165) is 37.8 Å². The summed E-state index contributed by atoms with van der Waals surface area (Å²) in [7, 11) is 0. The summed E-state index contributed by atoms with van der Waals surface area (Å²) >= 11 is 0. The maximum atomic E-state index is 13.1. The van der Waals surface area contributed by atoms with Crippen LogP contribution in [0.1, 0.15) is 41.9 Å². The number of rotatable bonds is 5. The topological polar surface area (TPSA) is 87.5 Å². The highest BCUT2D eigenvalue weighted by Crippen LogP contribution is 2.24. The fourth-order valence-corrected chi connectivity index (χ4v) is 4.14. The molecule has 2 aliphatic rings. The van der Waals surface area contributed by atoms with Crippen LogP contribution in [0, 0.1) is 12.8 Å². The van der Waals surface area contributed by atoms with Crippen molar-refractivity contribution in [2.45, 2.75) is 38.6 Å². The Morgan fingerprint density at radius 3 is 2.83 bits per heavy atom. The smallest absolute Gasteiger partial charge is 0.291 e. The first kappa shape index (κ1) is 19.6. The van der Waals surface area contributed by atoms with Crippen LogP contribution in [0.25, 0.3) is 11.5 Å². The summed E-state index contributed by atoms with van der Waals surface area (Å²) in [4.78, 5) is 31.6. The Balaban J connectivity index is 1.37. The molecule has 2 N–H and O–H groups in total. The van der Waals surface area contributed by atoms with Gasteiger partial charge in [-0.05, 0) is 57.2 Å². The predicted octanol–water partition coefficient (Wildman–Crippen LogP) is 2.37. The Labute approximate surface area is 170 Å². The second kappa shape index (κ2) is 8.78. The number of oxazole rings is 1. The molecule has 4 rings (SSSR count). The van der Waals surface area contributed by atoms with E-state index >= 15 is 0 Å². The van der Waals surface area contributed by atoms with E-state index in [4.69, 9.17) is 4.42 Å². The van der Waals surface area contributed by atoms with Crippen LogP contribution >= 0.6 is 0 Å². The van der Waals surface area contributed by atoms with Gasteiger partial charge in [-0.1, -0.05) is 18.2 Å². The summed E-state index contributed by atoms with van der Waals surface area (Å²) in [6.07, 6.45) is 3.88. The Bertz CT molecular complexity index is 858. The summed E-state index contributed by atoms with van der Waals surface area (Å²) < 4.78 is 5.84. The van der Waals surface area contributed by atoms with Gasteiger partial charge in [-0.3, -0.25) is 9.59 Å². The van der Waals surface area contributed by atoms with Crippen molar-refractivity contribution in [2.24, 2.45) is 5.92 Å². The predicted molar refractivity (Wildman–Crippen MR) is 109 cm³/mol. The van der Waals surface area contributed by atoms with Crippen LogP contribution < -0.4 is 10.6 Å². The van der Waals surface area contributed by atoms with Crippen molar-refractivity contribution in [3.05, 3.63) is 41.8 Å². The number of aryl methyl sites for hydroxylation is 1. The first-order chi connectivity index (χ1) is 14.1. The Morgan fingerprint density at radius 1 is 1.24 bits per heavy atom. The lowest BCUT2D eigenvalue weighted by Gasteiger charge is -2.32. The lowest BCUT2D eigenvalue weighted by Crippen LogP contribution is -2.46. The molecule has 0 saturated carbocycles. The fourth-order valence-electron chi connectivity index (χ4n) is 4.14. The largest absolute Gasteiger partial charge is 0.431 e. The summed E-state index contributed by atoms with van der Waals surface area (Å²) in [6, 6.07) is 9.53. The number of nitrogens with one attached hydrogen (secondary N) is 2. The molecule has 2 aliphatic heterocycles. The zero-order chi connectivity index (χ0) is 20.2. The van der Waals surface area contributed by atoms with Crippen LogP contribution in [0.2, 0.25) is 0 Å². The van der Waals surface area contributed by atoms with Crippen molar-refractivity contribution in [1.29, 1.82) is 0 Å². The molecular weight excluding hydrogens is 368 g/mol. The number of likely N-dealkylation sites (tertiary alicyclic amines) is 1. The average molecular weight is 396 g/mol.